The molecule has 1 aliphatic rings. The minimum Gasteiger partial charge on any atom is -0.340 e. The predicted molar refractivity (Wildman–Crippen MR) is 65.5 cm³/mol. The van der Waals surface area contributed by atoms with Crippen molar-refractivity contribution in [2.45, 2.75) is 31.6 Å². The lowest BCUT2D eigenvalue weighted by Crippen LogP contribution is -2.24. The normalized spacial score (nSPS) is 15.6. The summed E-state index contributed by atoms with van der Waals surface area (Å²) in [6.45, 7) is 0.139. The monoisotopic (exact) mass is 304 g/mol. The molecule has 0 saturated heterocycles. The van der Waals surface area contributed by atoms with E-state index < -0.39 is 11.9 Å². The molecule has 0 atom stereocenters. The molecule has 0 aromatic carbocycles. The number of hydrogen-bond donors (Lipinski definition) is 0. The van der Waals surface area contributed by atoms with E-state index in [9.17, 15) is 13.2 Å². The van der Waals surface area contributed by atoms with Crippen LogP contribution in [0.3, 0.4) is 0 Å². The minimum atomic E-state index is -4.41. The fourth-order valence-corrected chi connectivity index (χ4v) is 2.60. The van der Waals surface area contributed by atoms with Crippen molar-refractivity contribution in [1.29, 1.82) is 0 Å². The van der Waals surface area contributed by atoms with Crippen molar-refractivity contribution in [3.63, 3.8) is 0 Å². The number of thiazole rings is 1. The highest BCUT2D eigenvalue weighted by Gasteiger charge is 2.34. The molecule has 2 heterocycles. The van der Waals surface area contributed by atoms with Crippen LogP contribution >= 0.6 is 11.3 Å². The number of hydrogen-bond acceptors (Lipinski definition) is 6. The average Bonchev–Trinajstić information content (AvgIpc) is 2.93. The van der Waals surface area contributed by atoms with Crippen LogP contribution in [0.1, 0.15) is 23.5 Å². The maximum absolute atomic E-state index is 12.5. The van der Waals surface area contributed by atoms with Crippen LogP contribution in [0, 0.1) is 0 Å². The summed E-state index contributed by atoms with van der Waals surface area (Å²) in [7, 11) is 1.88. The molecule has 1 saturated carbocycles. The lowest BCUT2D eigenvalue weighted by molar-refractivity contribution is -0.140. The molecule has 6 nitrogen and oxygen atoms in total. The molecule has 3 rings (SSSR count). The lowest BCUT2D eigenvalue weighted by Gasteiger charge is -2.16. The average molecular weight is 304 g/mol. The van der Waals surface area contributed by atoms with E-state index >= 15 is 0 Å². The first-order valence-corrected chi connectivity index (χ1v) is 6.83. The molecule has 0 spiro atoms. The topological polar surface area (TPSA) is 59.7 Å². The van der Waals surface area contributed by atoms with Gasteiger partial charge >= 0.3 is 6.18 Å². The molecule has 108 valence electrons. The number of aromatic nitrogens is 5. The highest BCUT2D eigenvalue weighted by atomic mass is 32.1. The van der Waals surface area contributed by atoms with Gasteiger partial charge in [0.1, 0.15) is 5.01 Å². The van der Waals surface area contributed by atoms with Crippen molar-refractivity contribution < 1.29 is 13.2 Å². The quantitative estimate of drug-likeness (QED) is 0.862. The highest BCUT2D eigenvalue weighted by molar-refractivity contribution is 7.09. The summed E-state index contributed by atoms with van der Waals surface area (Å²) in [6, 6.07) is 0.418. The molecule has 0 radical (unpaired) electrons. The van der Waals surface area contributed by atoms with Gasteiger partial charge in [-0.15, -0.1) is 11.3 Å². The van der Waals surface area contributed by atoms with Crippen LogP contribution in [0.4, 0.5) is 19.1 Å². The summed E-state index contributed by atoms with van der Waals surface area (Å²) in [4.78, 5) is 5.52. The fraction of sp³-hybridized carbons (Fsp3) is 0.600. The molecule has 2 aromatic heterocycles. The van der Waals surface area contributed by atoms with Crippen LogP contribution in [0.15, 0.2) is 5.38 Å². The zero-order valence-corrected chi connectivity index (χ0v) is 11.3. The third-order valence-electron chi connectivity index (χ3n) is 3.05. The van der Waals surface area contributed by atoms with Gasteiger partial charge in [0.15, 0.2) is 5.69 Å². The van der Waals surface area contributed by atoms with Crippen LogP contribution in [0.2, 0.25) is 0 Å². The molecule has 0 unspecified atom stereocenters. The molecule has 0 N–H and O–H groups in total. The predicted octanol–water partition coefficient (Wildman–Crippen LogP) is 1.80. The smallest absolute Gasteiger partial charge is 0.340 e. The van der Waals surface area contributed by atoms with E-state index in [2.05, 4.69) is 20.5 Å². The van der Waals surface area contributed by atoms with E-state index in [4.69, 9.17) is 0 Å². The second-order valence-corrected chi connectivity index (χ2v) is 5.55. The zero-order chi connectivity index (χ0) is 14.3. The van der Waals surface area contributed by atoms with E-state index in [-0.39, 0.29) is 6.54 Å². The van der Waals surface area contributed by atoms with Crippen LogP contribution in [-0.4, -0.2) is 38.3 Å². The van der Waals surface area contributed by atoms with Crippen molar-refractivity contribution in [2.75, 3.05) is 11.9 Å². The fourth-order valence-electron chi connectivity index (χ4n) is 1.82. The Bertz CT molecular complexity index is 602. The van der Waals surface area contributed by atoms with Gasteiger partial charge in [-0.25, -0.2) is 9.67 Å². The SMILES string of the molecule is CN(c1nnnn1Cc1nc(C(F)(F)F)cs1)C1CC1. The Morgan fingerprint density at radius 3 is 2.80 bits per heavy atom. The van der Waals surface area contributed by atoms with Crippen molar-refractivity contribution >= 4 is 17.3 Å². The third-order valence-corrected chi connectivity index (χ3v) is 3.88. The number of rotatable bonds is 4. The van der Waals surface area contributed by atoms with Crippen molar-refractivity contribution in [2.24, 2.45) is 0 Å². The first-order valence-electron chi connectivity index (χ1n) is 5.96. The first-order chi connectivity index (χ1) is 9.45. The Hall–Kier alpha value is -1.71. The van der Waals surface area contributed by atoms with Gasteiger partial charge in [0.25, 0.3) is 0 Å². The van der Waals surface area contributed by atoms with Gasteiger partial charge < -0.3 is 4.90 Å². The number of nitrogens with zero attached hydrogens (tertiary/aromatic N) is 6. The summed E-state index contributed by atoms with van der Waals surface area (Å²) in [5, 5.41) is 12.6. The Balaban J connectivity index is 1.78. The Labute approximate surface area is 116 Å². The standard InChI is InChI=1S/C10H11F3N6S/c1-18(6-2-3-6)9-15-16-17-19(9)4-8-14-7(5-20-8)10(11,12)13/h5-6H,2-4H2,1H3. The maximum Gasteiger partial charge on any atom is 0.434 e. The van der Waals surface area contributed by atoms with Gasteiger partial charge in [0, 0.05) is 18.5 Å². The van der Waals surface area contributed by atoms with Gasteiger partial charge in [-0.3, -0.25) is 0 Å². The van der Waals surface area contributed by atoms with Crippen molar-refractivity contribution in [1.82, 2.24) is 25.2 Å². The minimum absolute atomic E-state index is 0.139. The van der Waals surface area contributed by atoms with E-state index in [1.807, 2.05) is 11.9 Å². The first kappa shape index (κ1) is 13.3. The Morgan fingerprint density at radius 2 is 2.20 bits per heavy atom. The molecule has 10 heteroatoms. The molecule has 20 heavy (non-hydrogen) atoms. The number of tetrazole rings is 1. The summed E-state index contributed by atoms with van der Waals surface area (Å²) < 4.78 is 38.9. The number of alkyl halides is 3. The molecule has 0 aliphatic heterocycles. The van der Waals surface area contributed by atoms with Gasteiger partial charge in [0.05, 0.1) is 6.54 Å². The molecule has 1 aliphatic carbocycles. The largest absolute Gasteiger partial charge is 0.434 e. The molecular weight excluding hydrogens is 293 g/mol. The van der Waals surface area contributed by atoms with Crippen LogP contribution < -0.4 is 4.90 Å². The maximum atomic E-state index is 12.5. The summed E-state index contributed by atoms with van der Waals surface area (Å²) in [5.41, 5.74) is -0.873. The zero-order valence-electron chi connectivity index (χ0n) is 10.5. The third kappa shape index (κ3) is 2.60. The molecular formula is C10H11F3N6S. The van der Waals surface area contributed by atoms with E-state index in [1.54, 1.807) is 0 Å². The van der Waals surface area contributed by atoms with Gasteiger partial charge in [-0.2, -0.15) is 13.2 Å². The van der Waals surface area contributed by atoms with Gasteiger partial charge in [-0.1, -0.05) is 5.10 Å². The molecule has 2 aromatic rings. The second kappa shape index (κ2) is 4.69. The molecule has 0 amide bonds. The Kier molecular flexibility index (Phi) is 3.11. The number of halogens is 3. The van der Waals surface area contributed by atoms with E-state index in [0.29, 0.717) is 17.0 Å². The van der Waals surface area contributed by atoms with Gasteiger partial charge in [-0.05, 0) is 23.3 Å². The molecule has 1 fully saturated rings. The van der Waals surface area contributed by atoms with E-state index in [1.165, 1.54) is 4.68 Å². The van der Waals surface area contributed by atoms with E-state index in [0.717, 1.165) is 29.6 Å². The lowest BCUT2D eigenvalue weighted by atomic mass is 10.5. The summed E-state index contributed by atoms with van der Waals surface area (Å²) in [5.74, 6) is 0.552. The molecule has 0 bridgehead atoms. The van der Waals surface area contributed by atoms with Crippen molar-refractivity contribution in [3.8, 4) is 0 Å². The van der Waals surface area contributed by atoms with Gasteiger partial charge in [0.2, 0.25) is 5.95 Å². The van der Waals surface area contributed by atoms with Crippen molar-refractivity contribution in [3.05, 3.63) is 16.1 Å². The summed E-state index contributed by atoms with van der Waals surface area (Å²) in [6.07, 6.45) is -2.25. The Morgan fingerprint density at radius 1 is 1.45 bits per heavy atom. The van der Waals surface area contributed by atoms with Crippen LogP contribution in [0.5, 0.6) is 0 Å². The second-order valence-electron chi connectivity index (χ2n) is 4.60. The van der Waals surface area contributed by atoms with Crippen LogP contribution in [-0.2, 0) is 12.7 Å². The number of anilines is 1. The van der Waals surface area contributed by atoms with Crippen LogP contribution in [0.25, 0.3) is 0 Å². The highest BCUT2D eigenvalue weighted by Crippen LogP contribution is 2.31. The summed E-state index contributed by atoms with van der Waals surface area (Å²) >= 11 is 0.953.